The first-order valence-electron chi connectivity index (χ1n) is 11.2. The average Bonchev–Trinajstić information content (AvgIpc) is 3.22. The molecule has 174 valence electrons. The van der Waals surface area contributed by atoms with Crippen molar-refractivity contribution in [3.8, 4) is 6.01 Å². The fourth-order valence-electron chi connectivity index (χ4n) is 5.32. The minimum Gasteiger partial charge on any atom is -0.461 e. The van der Waals surface area contributed by atoms with Crippen molar-refractivity contribution in [3.05, 3.63) is 17.2 Å². The first-order valence-corrected chi connectivity index (χ1v) is 11.6. The lowest BCUT2D eigenvalue weighted by Crippen LogP contribution is -2.43. The lowest BCUT2D eigenvalue weighted by atomic mass is 9.95. The van der Waals surface area contributed by atoms with Crippen LogP contribution in [0, 0.1) is 11.7 Å². The lowest BCUT2D eigenvalue weighted by molar-refractivity contribution is 0.107. The molecule has 3 saturated heterocycles. The second-order valence-corrected chi connectivity index (χ2v) is 9.82. The first kappa shape index (κ1) is 22.0. The summed E-state index contributed by atoms with van der Waals surface area (Å²) in [5, 5.41) is 0.232. The first-order chi connectivity index (χ1) is 15.4. The Labute approximate surface area is 191 Å². The Balaban J connectivity index is 1.53. The van der Waals surface area contributed by atoms with Gasteiger partial charge in [0.15, 0.2) is 11.0 Å². The van der Waals surface area contributed by atoms with E-state index in [-0.39, 0.29) is 40.8 Å². The fraction of sp³-hybridized carbons (Fsp3) is 0.682. The smallest absolute Gasteiger partial charge is 0.319 e. The van der Waals surface area contributed by atoms with Gasteiger partial charge < -0.3 is 14.4 Å². The normalized spacial score (nSPS) is 31.2. The summed E-state index contributed by atoms with van der Waals surface area (Å²) in [5.41, 5.74) is -0.268. The summed E-state index contributed by atoms with van der Waals surface area (Å²) in [6.45, 7) is 7.59. The Morgan fingerprint density at radius 2 is 2.12 bits per heavy atom. The molecule has 0 N–H and O–H groups in total. The quantitative estimate of drug-likeness (QED) is 0.636. The highest BCUT2D eigenvalue weighted by Gasteiger charge is 2.49. The van der Waals surface area contributed by atoms with Crippen LogP contribution in [0.3, 0.4) is 0 Å². The molecule has 32 heavy (non-hydrogen) atoms. The van der Waals surface area contributed by atoms with Crippen molar-refractivity contribution in [3.63, 3.8) is 0 Å². The number of halogens is 3. The number of aromatic nitrogens is 3. The van der Waals surface area contributed by atoms with Crippen LogP contribution in [-0.4, -0.2) is 77.1 Å². The molecule has 2 unspecified atom stereocenters. The SMILES string of the molecule is CC1COCC(C)N(c2nc(OC[C@@]34CCCN3C[C@H](F)C4)nc3c(F)c(Cl)ncc23)C1. The van der Waals surface area contributed by atoms with Crippen molar-refractivity contribution < 1.29 is 18.3 Å². The van der Waals surface area contributed by atoms with Crippen LogP contribution >= 0.6 is 11.6 Å². The minimum absolute atomic E-state index is 0.0238. The van der Waals surface area contributed by atoms with Gasteiger partial charge >= 0.3 is 6.01 Å². The molecule has 10 heteroatoms. The zero-order chi connectivity index (χ0) is 22.5. The maximum atomic E-state index is 14.9. The Bertz CT molecular complexity index is 1010. The highest BCUT2D eigenvalue weighted by atomic mass is 35.5. The zero-order valence-electron chi connectivity index (χ0n) is 18.4. The van der Waals surface area contributed by atoms with Crippen LogP contribution < -0.4 is 9.64 Å². The summed E-state index contributed by atoms with van der Waals surface area (Å²) in [7, 11) is 0. The third-order valence-corrected chi connectivity index (χ3v) is 7.17. The van der Waals surface area contributed by atoms with Gasteiger partial charge in [-0.05, 0) is 32.2 Å². The van der Waals surface area contributed by atoms with Gasteiger partial charge in [0.1, 0.15) is 24.1 Å². The van der Waals surface area contributed by atoms with E-state index in [1.807, 2.05) is 6.92 Å². The van der Waals surface area contributed by atoms with Gasteiger partial charge in [0.2, 0.25) is 0 Å². The highest BCUT2D eigenvalue weighted by molar-refractivity contribution is 6.30. The Morgan fingerprint density at radius 3 is 2.97 bits per heavy atom. The van der Waals surface area contributed by atoms with E-state index in [1.165, 1.54) is 6.20 Å². The van der Waals surface area contributed by atoms with Gasteiger partial charge in [-0.15, -0.1) is 0 Å². The van der Waals surface area contributed by atoms with E-state index in [0.29, 0.717) is 43.9 Å². The van der Waals surface area contributed by atoms with E-state index in [0.717, 1.165) is 19.4 Å². The molecule has 0 radical (unpaired) electrons. The summed E-state index contributed by atoms with van der Waals surface area (Å²) in [6, 6.07) is 0.0953. The molecule has 0 saturated carbocycles. The Kier molecular flexibility index (Phi) is 5.84. The molecule has 5 rings (SSSR count). The molecular formula is C22H28ClF2N5O2. The maximum absolute atomic E-state index is 14.9. The molecule has 2 aromatic rings. The van der Waals surface area contributed by atoms with Crippen molar-refractivity contribution in [2.24, 2.45) is 5.92 Å². The van der Waals surface area contributed by atoms with Crippen LogP contribution in [0.2, 0.25) is 5.15 Å². The van der Waals surface area contributed by atoms with E-state index in [1.54, 1.807) is 0 Å². The summed E-state index contributed by atoms with van der Waals surface area (Å²) < 4.78 is 40.9. The summed E-state index contributed by atoms with van der Waals surface area (Å²) in [5.74, 6) is 0.119. The monoisotopic (exact) mass is 467 g/mol. The van der Waals surface area contributed by atoms with Crippen LogP contribution in [0.4, 0.5) is 14.6 Å². The molecule has 3 aliphatic heterocycles. The van der Waals surface area contributed by atoms with Crippen LogP contribution in [-0.2, 0) is 4.74 Å². The molecule has 0 aromatic carbocycles. The molecular weight excluding hydrogens is 440 g/mol. The number of rotatable bonds is 4. The van der Waals surface area contributed by atoms with Crippen molar-refractivity contribution in [2.75, 3.05) is 44.4 Å². The second-order valence-electron chi connectivity index (χ2n) is 9.46. The number of anilines is 1. The molecule has 0 spiro atoms. The topological polar surface area (TPSA) is 63.6 Å². The van der Waals surface area contributed by atoms with Gasteiger partial charge in [0.05, 0.1) is 30.2 Å². The molecule has 0 aliphatic carbocycles. The molecule has 0 bridgehead atoms. The third-order valence-electron chi connectivity index (χ3n) is 6.91. The summed E-state index contributed by atoms with van der Waals surface area (Å²) in [6.07, 6.45) is 2.98. The number of hydrogen-bond acceptors (Lipinski definition) is 7. The van der Waals surface area contributed by atoms with E-state index >= 15 is 0 Å². The van der Waals surface area contributed by atoms with E-state index < -0.39 is 12.0 Å². The molecule has 3 fully saturated rings. The van der Waals surface area contributed by atoms with Crippen LogP contribution in [0.25, 0.3) is 10.9 Å². The predicted molar refractivity (Wildman–Crippen MR) is 118 cm³/mol. The average molecular weight is 468 g/mol. The summed E-state index contributed by atoms with van der Waals surface area (Å²) in [4.78, 5) is 17.3. The van der Waals surface area contributed by atoms with Gasteiger partial charge in [0.25, 0.3) is 0 Å². The zero-order valence-corrected chi connectivity index (χ0v) is 19.1. The van der Waals surface area contributed by atoms with Gasteiger partial charge in [-0.1, -0.05) is 18.5 Å². The van der Waals surface area contributed by atoms with E-state index in [4.69, 9.17) is 21.1 Å². The highest BCUT2D eigenvalue weighted by Crippen LogP contribution is 2.40. The number of ether oxygens (including phenoxy) is 2. The van der Waals surface area contributed by atoms with Gasteiger partial charge in [0, 0.05) is 25.7 Å². The number of alkyl halides is 1. The Hall–Kier alpha value is -1.84. The standard InChI is InChI=1S/C22H28ClF2N5O2/c1-13-8-30(14(2)11-31-10-13)20-16-7-26-19(23)17(25)18(16)27-21(28-20)32-12-22-4-3-5-29(22)9-15(24)6-22/h7,13-15H,3-6,8-12H2,1-2H3/t13?,14?,15-,22+/m1/s1. The minimum atomic E-state index is -0.853. The fourth-order valence-corrected chi connectivity index (χ4v) is 5.46. The van der Waals surface area contributed by atoms with Crippen LogP contribution in [0.5, 0.6) is 6.01 Å². The second kappa shape index (κ2) is 8.50. The van der Waals surface area contributed by atoms with E-state index in [2.05, 4.69) is 31.7 Å². The molecule has 3 aliphatic rings. The summed E-state index contributed by atoms with van der Waals surface area (Å²) >= 11 is 5.96. The van der Waals surface area contributed by atoms with E-state index in [9.17, 15) is 8.78 Å². The van der Waals surface area contributed by atoms with Crippen molar-refractivity contribution >= 4 is 28.3 Å². The van der Waals surface area contributed by atoms with Gasteiger partial charge in [-0.25, -0.2) is 13.8 Å². The van der Waals surface area contributed by atoms with Crippen molar-refractivity contribution in [1.29, 1.82) is 0 Å². The van der Waals surface area contributed by atoms with Gasteiger partial charge in [-0.3, -0.25) is 4.90 Å². The molecule has 5 heterocycles. The van der Waals surface area contributed by atoms with Crippen molar-refractivity contribution in [2.45, 2.75) is 50.9 Å². The predicted octanol–water partition coefficient (Wildman–Crippen LogP) is 3.63. The van der Waals surface area contributed by atoms with Crippen molar-refractivity contribution in [1.82, 2.24) is 19.9 Å². The lowest BCUT2D eigenvalue weighted by Gasteiger charge is -2.32. The molecule has 7 nitrogen and oxygen atoms in total. The van der Waals surface area contributed by atoms with Crippen LogP contribution in [0.1, 0.15) is 33.1 Å². The number of nitrogens with zero attached hydrogens (tertiary/aromatic N) is 5. The third kappa shape index (κ3) is 3.88. The van der Waals surface area contributed by atoms with Crippen LogP contribution in [0.15, 0.2) is 6.20 Å². The number of pyridine rings is 1. The molecule has 4 atom stereocenters. The van der Waals surface area contributed by atoms with Gasteiger partial charge in [-0.2, -0.15) is 9.97 Å². The largest absolute Gasteiger partial charge is 0.461 e. The molecule has 2 aromatic heterocycles. The number of fused-ring (bicyclic) bond motifs is 2. The Morgan fingerprint density at radius 1 is 1.28 bits per heavy atom. The molecule has 0 amide bonds. The maximum Gasteiger partial charge on any atom is 0.319 e. The number of hydrogen-bond donors (Lipinski definition) is 0.